The van der Waals surface area contributed by atoms with Crippen LogP contribution in [-0.4, -0.2) is 20.1 Å². The summed E-state index contributed by atoms with van der Waals surface area (Å²) in [6, 6.07) is 13.0. The summed E-state index contributed by atoms with van der Waals surface area (Å²) in [5.74, 6) is 0.223. The third kappa shape index (κ3) is 4.74. The molecule has 2 aromatic rings. The van der Waals surface area contributed by atoms with E-state index in [4.69, 9.17) is 11.6 Å². The minimum Gasteiger partial charge on any atom is -0.508 e. The van der Waals surface area contributed by atoms with Crippen molar-refractivity contribution >= 4 is 21.6 Å². The number of aryl methyl sites for hydroxylation is 1. The fourth-order valence-corrected chi connectivity index (χ4v) is 3.25. The van der Waals surface area contributed by atoms with Gasteiger partial charge in [0.2, 0.25) is 10.0 Å². The van der Waals surface area contributed by atoms with E-state index in [9.17, 15) is 13.5 Å². The van der Waals surface area contributed by atoms with E-state index < -0.39 is 10.0 Å². The molecule has 0 aromatic heterocycles. The lowest BCUT2D eigenvalue weighted by atomic mass is 10.1. The molecule has 0 saturated carbocycles. The molecule has 4 nitrogen and oxygen atoms in total. The SMILES string of the molecule is O=S(=O)(NCCCc1ccc(O)cc1)c1cccc(Cl)c1. The number of hydrogen-bond donors (Lipinski definition) is 2. The molecule has 0 aliphatic rings. The van der Waals surface area contributed by atoms with Crippen molar-refractivity contribution in [1.29, 1.82) is 0 Å². The summed E-state index contributed by atoms with van der Waals surface area (Å²) in [5, 5.41) is 9.57. The number of nitrogens with one attached hydrogen (secondary N) is 1. The van der Waals surface area contributed by atoms with Gasteiger partial charge in [-0.05, 0) is 48.7 Å². The van der Waals surface area contributed by atoms with Gasteiger partial charge in [-0.25, -0.2) is 13.1 Å². The highest BCUT2D eigenvalue weighted by atomic mass is 35.5. The Bertz CT molecular complexity index is 699. The highest BCUT2D eigenvalue weighted by Crippen LogP contribution is 2.15. The fourth-order valence-electron chi connectivity index (χ4n) is 1.88. The lowest BCUT2D eigenvalue weighted by molar-refractivity contribution is 0.475. The van der Waals surface area contributed by atoms with E-state index in [0.29, 0.717) is 18.0 Å². The molecule has 0 heterocycles. The summed E-state index contributed by atoms with van der Waals surface area (Å²) in [6.07, 6.45) is 1.41. The van der Waals surface area contributed by atoms with E-state index in [1.165, 1.54) is 12.1 Å². The second kappa shape index (κ2) is 6.93. The Morgan fingerprint density at radius 2 is 1.81 bits per heavy atom. The molecule has 0 atom stereocenters. The maximum atomic E-state index is 12.0. The molecule has 0 amide bonds. The molecular formula is C15H16ClNO3S. The van der Waals surface area contributed by atoms with Gasteiger partial charge in [0.05, 0.1) is 4.90 Å². The first-order valence-electron chi connectivity index (χ1n) is 6.50. The minimum atomic E-state index is -3.52. The molecule has 2 N–H and O–H groups in total. The second-order valence-corrected chi connectivity index (χ2v) is 6.83. The van der Waals surface area contributed by atoms with Crippen LogP contribution in [0.25, 0.3) is 0 Å². The number of phenols is 1. The Balaban J connectivity index is 1.86. The maximum absolute atomic E-state index is 12.0. The summed E-state index contributed by atoms with van der Waals surface area (Å²) < 4.78 is 26.6. The first kappa shape index (κ1) is 15.8. The van der Waals surface area contributed by atoms with Crippen LogP contribution in [0, 0.1) is 0 Å². The molecule has 0 bridgehead atoms. The highest BCUT2D eigenvalue weighted by molar-refractivity contribution is 7.89. The van der Waals surface area contributed by atoms with E-state index in [-0.39, 0.29) is 10.6 Å². The third-order valence-corrected chi connectivity index (χ3v) is 4.67. The van der Waals surface area contributed by atoms with Crippen molar-refractivity contribution in [2.24, 2.45) is 0 Å². The number of sulfonamides is 1. The van der Waals surface area contributed by atoms with Crippen molar-refractivity contribution in [2.45, 2.75) is 17.7 Å². The molecule has 0 fully saturated rings. The van der Waals surface area contributed by atoms with Gasteiger partial charge in [0.25, 0.3) is 0 Å². The van der Waals surface area contributed by atoms with Gasteiger partial charge in [-0.15, -0.1) is 0 Å². The van der Waals surface area contributed by atoms with Gasteiger partial charge in [0.1, 0.15) is 5.75 Å². The summed E-state index contributed by atoms with van der Waals surface area (Å²) >= 11 is 5.79. The molecule has 2 rings (SSSR count). The predicted octanol–water partition coefficient (Wildman–Crippen LogP) is 2.96. The second-order valence-electron chi connectivity index (χ2n) is 4.63. The number of hydrogen-bond acceptors (Lipinski definition) is 3. The zero-order valence-corrected chi connectivity index (χ0v) is 12.9. The monoisotopic (exact) mass is 325 g/mol. The molecule has 0 spiro atoms. The van der Waals surface area contributed by atoms with Gasteiger partial charge in [-0.3, -0.25) is 0 Å². The van der Waals surface area contributed by atoms with Crippen molar-refractivity contribution in [3.63, 3.8) is 0 Å². The predicted molar refractivity (Wildman–Crippen MR) is 83.1 cm³/mol. The van der Waals surface area contributed by atoms with Gasteiger partial charge < -0.3 is 5.11 Å². The largest absolute Gasteiger partial charge is 0.508 e. The molecule has 112 valence electrons. The van der Waals surface area contributed by atoms with Crippen LogP contribution in [0.5, 0.6) is 5.75 Å². The average molecular weight is 326 g/mol. The van der Waals surface area contributed by atoms with Crippen LogP contribution in [0.15, 0.2) is 53.4 Å². The van der Waals surface area contributed by atoms with E-state index in [1.54, 1.807) is 24.3 Å². The molecule has 6 heteroatoms. The number of halogens is 1. The Labute approximate surface area is 129 Å². The Kier molecular flexibility index (Phi) is 5.22. The van der Waals surface area contributed by atoms with Crippen molar-refractivity contribution in [3.8, 4) is 5.75 Å². The summed E-state index contributed by atoms with van der Waals surface area (Å²) in [7, 11) is -3.52. The molecule has 0 aliphatic heterocycles. The van der Waals surface area contributed by atoms with Crippen LogP contribution in [0.1, 0.15) is 12.0 Å². The lowest BCUT2D eigenvalue weighted by Crippen LogP contribution is -2.25. The topological polar surface area (TPSA) is 66.4 Å². The minimum absolute atomic E-state index is 0.166. The number of phenolic OH excluding ortho intramolecular Hbond substituents is 1. The van der Waals surface area contributed by atoms with Gasteiger partial charge in [-0.1, -0.05) is 29.8 Å². The zero-order chi connectivity index (χ0) is 15.3. The number of aromatic hydroxyl groups is 1. The molecule has 2 aromatic carbocycles. The van der Waals surface area contributed by atoms with Crippen molar-refractivity contribution < 1.29 is 13.5 Å². The van der Waals surface area contributed by atoms with Crippen LogP contribution in [-0.2, 0) is 16.4 Å². The summed E-state index contributed by atoms with van der Waals surface area (Å²) in [5.41, 5.74) is 1.05. The highest BCUT2D eigenvalue weighted by Gasteiger charge is 2.13. The normalized spacial score (nSPS) is 11.5. The fraction of sp³-hybridized carbons (Fsp3) is 0.200. The van der Waals surface area contributed by atoms with Crippen molar-refractivity contribution in [3.05, 3.63) is 59.1 Å². The van der Waals surface area contributed by atoms with Gasteiger partial charge in [-0.2, -0.15) is 0 Å². The third-order valence-electron chi connectivity index (χ3n) is 2.98. The molecule has 0 unspecified atom stereocenters. The number of benzene rings is 2. The van der Waals surface area contributed by atoms with Crippen LogP contribution >= 0.6 is 11.6 Å². The Hall–Kier alpha value is -1.56. The van der Waals surface area contributed by atoms with Gasteiger partial charge in [0, 0.05) is 11.6 Å². The van der Waals surface area contributed by atoms with Crippen molar-refractivity contribution in [2.75, 3.05) is 6.54 Å². The van der Waals surface area contributed by atoms with Crippen LogP contribution in [0.4, 0.5) is 0 Å². The number of rotatable bonds is 6. The first-order valence-corrected chi connectivity index (χ1v) is 8.37. The molecular weight excluding hydrogens is 310 g/mol. The Morgan fingerprint density at radius 3 is 2.48 bits per heavy atom. The quantitative estimate of drug-likeness (QED) is 0.802. The zero-order valence-electron chi connectivity index (χ0n) is 11.3. The van der Waals surface area contributed by atoms with Gasteiger partial charge >= 0.3 is 0 Å². The van der Waals surface area contributed by atoms with Crippen LogP contribution in [0.2, 0.25) is 5.02 Å². The van der Waals surface area contributed by atoms with Crippen LogP contribution in [0.3, 0.4) is 0 Å². The van der Waals surface area contributed by atoms with E-state index >= 15 is 0 Å². The standard InChI is InChI=1S/C15H16ClNO3S/c16-13-4-1-5-15(11-13)21(19,20)17-10-2-3-12-6-8-14(18)9-7-12/h1,4-9,11,17-18H,2-3,10H2. The van der Waals surface area contributed by atoms with E-state index in [0.717, 1.165) is 12.0 Å². The average Bonchev–Trinajstić information content (AvgIpc) is 2.45. The lowest BCUT2D eigenvalue weighted by Gasteiger charge is -2.07. The first-order chi connectivity index (χ1) is 9.97. The summed E-state index contributed by atoms with van der Waals surface area (Å²) in [6.45, 7) is 0.343. The molecule has 0 aliphatic carbocycles. The van der Waals surface area contributed by atoms with Crippen molar-refractivity contribution in [1.82, 2.24) is 4.72 Å². The van der Waals surface area contributed by atoms with Crippen LogP contribution < -0.4 is 4.72 Å². The maximum Gasteiger partial charge on any atom is 0.240 e. The Morgan fingerprint density at radius 1 is 1.10 bits per heavy atom. The molecule has 0 saturated heterocycles. The van der Waals surface area contributed by atoms with Gasteiger partial charge in [0.15, 0.2) is 0 Å². The molecule has 0 radical (unpaired) electrons. The molecule has 21 heavy (non-hydrogen) atoms. The summed E-state index contributed by atoms with van der Waals surface area (Å²) in [4.78, 5) is 0.166. The smallest absolute Gasteiger partial charge is 0.240 e. The van der Waals surface area contributed by atoms with E-state index in [2.05, 4.69) is 4.72 Å². The van der Waals surface area contributed by atoms with E-state index in [1.807, 2.05) is 12.1 Å².